The molecule has 3 rings (SSSR count). The summed E-state index contributed by atoms with van der Waals surface area (Å²) in [6.07, 6.45) is 0. The first kappa shape index (κ1) is 14.4. The Balaban J connectivity index is 0.000000328. The van der Waals surface area contributed by atoms with Gasteiger partial charge in [0.1, 0.15) is 17.0 Å². The fraction of sp³-hybridized carbons (Fsp3) is 0. The molecule has 0 fully saturated rings. The Hall–Kier alpha value is -2.05. The summed E-state index contributed by atoms with van der Waals surface area (Å²) >= 11 is 0. The number of phenols is 1. The summed E-state index contributed by atoms with van der Waals surface area (Å²) in [5.41, 5.74) is 5.88. The third-order valence-corrected chi connectivity index (χ3v) is 2.34. The van der Waals surface area contributed by atoms with Gasteiger partial charge in [0.2, 0.25) is 8.53 Å². The lowest BCUT2D eigenvalue weighted by molar-refractivity contribution is 0.474. The van der Waals surface area contributed by atoms with Gasteiger partial charge in [-0.25, -0.2) is 4.98 Å². The van der Waals surface area contributed by atoms with E-state index in [9.17, 15) is 9.90 Å². The van der Waals surface area contributed by atoms with Crippen molar-refractivity contribution in [2.75, 3.05) is 0 Å². The second kappa shape index (κ2) is 5.94. The van der Waals surface area contributed by atoms with Crippen LogP contribution in [0, 0.1) is 0 Å². The first-order valence-corrected chi connectivity index (χ1v) is 6.73. The standard InChI is InChI=1S/C12H7NO3.H4NO2P/c14-7-1-3-9-11(5-7)16-12-6-8(15)2-4-10(12)13-9;1-4(2)3/h1-6,14H;2-3H,1H2. The number of hydrogen-bond donors (Lipinski definition) is 4. The van der Waals surface area contributed by atoms with Gasteiger partial charge < -0.3 is 19.3 Å². The first-order chi connectivity index (χ1) is 9.45. The topological polar surface area (TPSA) is 130 Å². The third kappa shape index (κ3) is 3.49. The molecule has 5 N–H and O–H groups in total. The minimum atomic E-state index is -2.12. The number of nitrogens with zero attached hydrogens (tertiary/aromatic N) is 1. The van der Waals surface area contributed by atoms with Crippen LogP contribution in [-0.4, -0.2) is 19.9 Å². The minimum Gasteiger partial charge on any atom is -0.508 e. The Morgan fingerprint density at radius 2 is 1.85 bits per heavy atom. The van der Waals surface area contributed by atoms with Crippen LogP contribution in [0.15, 0.2) is 45.6 Å². The summed E-state index contributed by atoms with van der Waals surface area (Å²) in [5, 5.41) is 9.31. The third-order valence-electron chi connectivity index (χ3n) is 2.34. The highest BCUT2D eigenvalue weighted by molar-refractivity contribution is 7.42. The highest BCUT2D eigenvalue weighted by atomic mass is 31.2. The molecule has 1 aromatic carbocycles. The van der Waals surface area contributed by atoms with Crippen molar-refractivity contribution in [2.45, 2.75) is 0 Å². The number of nitrogens with two attached hydrogens (primary N) is 1. The van der Waals surface area contributed by atoms with Crippen LogP contribution < -0.4 is 10.9 Å². The van der Waals surface area contributed by atoms with Gasteiger partial charge in [-0.2, -0.15) is 0 Å². The molecular weight excluding hydrogens is 283 g/mol. The van der Waals surface area contributed by atoms with Crippen molar-refractivity contribution in [3.8, 4) is 17.2 Å². The normalized spacial score (nSPS) is 10.6. The van der Waals surface area contributed by atoms with Gasteiger partial charge in [0, 0.05) is 12.1 Å². The van der Waals surface area contributed by atoms with Gasteiger partial charge >= 0.3 is 0 Å². The van der Waals surface area contributed by atoms with Gasteiger partial charge in [0.05, 0.1) is 0 Å². The number of phenolic OH excluding ortho intramolecular Hbond substituents is 1. The van der Waals surface area contributed by atoms with Crippen LogP contribution in [0.4, 0.5) is 0 Å². The highest BCUT2D eigenvalue weighted by Crippen LogP contribution is 2.25. The SMILES string of the molecule is NP(O)O.O=c1ccc2nc3ccc(O)cc3oc-2c1. The summed E-state index contributed by atoms with van der Waals surface area (Å²) in [6.45, 7) is 0. The quantitative estimate of drug-likeness (QED) is 0.361. The molecule has 0 amide bonds. The highest BCUT2D eigenvalue weighted by Gasteiger charge is 2.09. The van der Waals surface area contributed by atoms with Gasteiger partial charge in [0.25, 0.3) is 0 Å². The van der Waals surface area contributed by atoms with Crippen molar-refractivity contribution in [1.29, 1.82) is 0 Å². The van der Waals surface area contributed by atoms with Gasteiger partial charge in [-0.15, -0.1) is 0 Å². The average Bonchev–Trinajstić information content (AvgIpc) is 2.35. The van der Waals surface area contributed by atoms with E-state index in [1.54, 1.807) is 18.2 Å². The number of rotatable bonds is 0. The zero-order valence-corrected chi connectivity index (χ0v) is 11.0. The number of aromatic nitrogens is 1. The maximum absolute atomic E-state index is 11.1. The zero-order chi connectivity index (χ0) is 14.7. The van der Waals surface area contributed by atoms with E-state index in [1.165, 1.54) is 18.2 Å². The van der Waals surface area contributed by atoms with Gasteiger partial charge in [-0.05, 0) is 24.3 Å². The molecule has 0 saturated heterocycles. The summed E-state index contributed by atoms with van der Waals surface area (Å²) in [7, 11) is -2.12. The number of fused-ring (bicyclic) bond motifs is 2. The number of benzene rings is 2. The Labute approximate surface area is 114 Å². The Morgan fingerprint density at radius 3 is 2.55 bits per heavy atom. The van der Waals surface area contributed by atoms with Crippen molar-refractivity contribution in [3.63, 3.8) is 0 Å². The molecule has 7 nitrogen and oxygen atoms in total. The smallest absolute Gasteiger partial charge is 0.247 e. The van der Waals surface area contributed by atoms with Crippen molar-refractivity contribution < 1.29 is 19.3 Å². The van der Waals surface area contributed by atoms with Crippen LogP contribution in [0.2, 0.25) is 0 Å². The van der Waals surface area contributed by atoms with E-state index in [0.29, 0.717) is 22.6 Å². The van der Waals surface area contributed by atoms with E-state index < -0.39 is 8.53 Å². The van der Waals surface area contributed by atoms with Crippen LogP contribution >= 0.6 is 8.53 Å². The van der Waals surface area contributed by atoms with Gasteiger partial charge in [-0.1, -0.05) is 0 Å². The fourth-order valence-electron chi connectivity index (χ4n) is 1.59. The molecule has 0 spiro atoms. The van der Waals surface area contributed by atoms with Crippen LogP contribution in [0.3, 0.4) is 0 Å². The molecule has 0 atom stereocenters. The summed E-state index contributed by atoms with van der Waals surface area (Å²) < 4.78 is 5.49. The van der Waals surface area contributed by atoms with Crippen molar-refractivity contribution in [3.05, 3.63) is 46.6 Å². The summed E-state index contributed by atoms with van der Waals surface area (Å²) in [5.74, 6) is 0.529. The second-order valence-electron chi connectivity index (χ2n) is 3.82. The first-order valence-electron chi connectivity index (χ1n) is 5.42. The summed E-state index contributed by atoms with van der Waals surface area (Å²) in [4.78, 5) is 30.4. The van der Waals surface area contributed by atoms with Crippen LogP contribution in [0.5, 0.6) is 5.75 Å². The molecule has 0 unspecified atom stereocenters. The molecule has 20 heavy (non-hydrogen) atoms. The molecule has 0 saturated carbocycles. The van der Waals surface area contributed by atoms with Crippen molar-refractivity contribution >= 4 is 19.6 Å². The van der Waals surface area contributed by atoms with Crippen molar-refractivity contribution in [2.24, 2.45) is 5.50 Å². The van der Waals surface area contributed by atoms with E-state index in [0.717, 1.165) is 0 Å². The molecule has 8 heteroatoms. The van der Waals surface area contributed by atoms with E-state index in [-0.39, 0.29) is 11.2 Å². The number of aromatic hydroxyl groups is 1. The maximum Gasteiger partial charge on any atom is 0.247 e. The molecule has 2 aliphatic rings. The molecule has 1 aliphatic carbocycles. The molecule has 0 bridgehead atoms. The average molecular weight is 294 g/mol. The van der Waals surface area contributed by atoms with E-state index in [4.69, 9.17) is 14.2 Å². The molecule has 1 aliphatic heterocycles. The van der Waals surface area contributed by atoms with Crippen LogP contribution in [0.25, 0.3) is 22.6 Å². The lowest BCUT2D eigenvalue weighted by atomic mass is 10.2. The van der Waals surface area contributed by atoms with Crippen LogP contribution in [-0.2, 0) is 0 Å². The largest absolute Gasteiger partial charge is 0.508 e. The number of hydrogen-bond acceptors (Lipinski definition) is 7. The molecule has 1 aromatic rings. The molecule has 0 radical (unpaired) electrons. The maximum atomic E-state index is 11.1. The summed E-state index contributed by atoms with van der Waals surface area (Å²) in [6, 6.07) is 9.12. The molecule has 0 aromatic heterocycles. The minimum absolute atomic E-state index is 0.107. The van der Waals surface area contributed by atoms with E-state index in [1.807, 2.05) is 0 Å². The molecule has 104 valence electrons. The predicted molar refractivity (Wildman–Crippen MR) is 74.1 cm³/mol. The van der Waals surface area contributed by atoms with Gasteiger partial charge in [0.15, 0.2) is 16.8 Å². The van der Waals surface area contributed by atoms with Gasteiger partial charge in [-0.3, -0.25) is 10.3 Å². The monoisotopic (exact) mass is 294 g/mol. The van der Waals surface area contributed by atoms with Crippen LogP contribution in [0.1, 0.15) is 0 Å². The predicted octanol–water partition coefficient (Wildman–Crippen LogP) is 1.15. The molecular formula is C12H11N2O5P. The zero-order valence-electron chi connectivity index (χ0n) is 10.1. The fourth-order valence-corrected chi connectivity index (χ4v) is 1.59. The second-order valence-corrected chi connectivity index (χ2v) is 4.46. The lowest BCUT2D eigenvalue weighted by Crippen LogP contribution is -1.99. The Bertz CT molecular complexity index is 756. The van der Waals surface area contributed by atoms with Crippen molar-refractivity contribution in [1.82, 2.24) is 4.98 Å². The van der Waals surface area contributed by atoms with E-state index >= 15 is 0 Å². The van der Waals surface area contributed by atoms with E-state index in [2.05, 4.69) is 10.5 Å². The Kier molecular flexibility index (Phi) is 4.26. The Morgan fingerprint density at radius 1 is 1.15 bits per heavy atom. The molecule has 1 heterocycles. The lowest BCUT2D eigenvalue weighted by Gasteiger charge is -2.05.